The number of rotatable bonds is 4. The molecule has 1 amide bonds. The summed E-state index contributed by atoms with van der Waals surface area (Å²) >= 11 is 1.61. The molecule has 1 atom stereocenters. The Labute approximate surface area is 116 Å². The Morgan fingerprint density at radius 1 is 1.32 bits per heavy atom. The minimum absolute atomic E-state index is 0.0574. The fourth-order valence-electron chi connectivity index (χ4n) is 2.23. The Kier molecular flexibility index (Phi) is 3.51. The fourth-order valence-corrected chi connectivity index (χ4v) is 2.93. The highest BCUT2D eigenvalue weighted by Crippen LogP contribution is 2.27. The molecule has 0 fully saturated rings. The van der Waals surface area contributed by atoms with Gasteiger partial charge in [-0.1, -0.05) is 24.3 Å². The standard InChI is InChI=1S/C15H15NO2S/c17-15(9-13-5-3-7-19-13)16-10-12-8-11-4-1-2-6-14(11)18-12/h1-7,12H,8-10H2,(H,16,17)/t12-/m0/s1. The molecular formula is C15H15NO2S. The van der Waals surface area contributed by atoms with Crippen molar-refractivity contribution >= 4 is 17.2 Å². The molecule has 1 N–H and O–H groups in total. The van der Waals surface area contributed by atoms with Crippen LogP contribution in [0, 0.1) is 0 Å². The van der Waals surface area contributed by atoms with E-state index in [1.807, 2.05) is 35.7 Å². The molecule has 0 aliphatic carbocycles. The molecule has 3 nitrogen and oxygen atoms in total. The van der Waals surface area contributed by atoms with Gasteiger partial charge in [0.05, 0.1) is 13.0 Å². The molecule has 2 aromatic rings. The Balaban J connectivity index is 1.48. The normalized spacial score (nSPS) is 16.7. The van der Waals surface area contributed by atoms with Crippen molar-refractivity contribution in [3.63, 3.8) is 0 Å². The number of thiophene rings is 1. The maximum Gasteiger partial charge on any atom is 0.225 e. The first-order valence-electron chi connectivity index (χ1n) is 6.35. The summed E-state index contributed by atoms with van der Waals surface area (Å²) in [4.78, 5) is 12.9. The number of hydrogen-bond donors (Lipinski definition) is 1. The molecule has 19 heavy (non-hydrogen) atoms. The van der Waals surface area contributed by atoms with Crippen molar-refractivity contribution in [1.82, 2.24) is 5.32 Å². The third kappa shape index (κ3) is 2.96. The highest BCUT2D eigenvalue weighted by atomic mass is 32.1. The van der Waals surface area contributed by atoms with Crippen LogP contribution < -0.4 is 10.1 Å². The zero-order valence-corrected chi connectivity index (χ0v) is 11.3. The van der Waals surface area contributed by atoms with Gasteiger partial charge in [-0.05, 0) is 23.1 Å². The van der Waals surface area contributed by atoms with E-state index in [1.165, 1.54) is 5.56 Å². The zero-order chi connectivity index (χ0) is 13.1. The quantitative estimate of drug-likeness (QED) is 0.929. The second-order valence-corrected chi connectivity index (χ2v) is 5.64. The van der Waals surface area contributed by atoms with Gasteiger partial charge in [0.15, 0.2) is 0 Å². The summed E-state index contributed by atoms with van der Waals surface area (Å²) in [5, 5.41) is 4.93. The minimum Gasteiger partial charge on any atom is -0.488 e. The number of amides is 1. The minimum atomic E-state index is 0.0574. The second kappa shape index (κ2) is 5.45. The third-order valence-corrected chi connectivity index (χ3v) is 4.03. The maximum atomic E-state index is 11.8. The highest BCUT2D eigenvalue weighted by Gasteiger charge is 2.22. The summed E-state index contributed by atoms with van der Waals surface area (Å²) in [6.45, 7) is 0.568. The highest BCUT2D eigenvalue weighted by molar-refractivity contribution is 7.10. The number of nitrogens with one attached hydrogen (secondary N) is 1. The van der Waals surface area contributed by atoms with E-state index in [-0.39, 0.29) is 12.0 Å². The third-order valence-electron chi connectivity index (χ3n) is 3.16. The Morgan fingerprint density at radius 3 is 3.00 bits per heavy atom. The van der Waals surface area contributed by atoms with Crippen molar-refractivity contribution in [2.75, 3.05) is 6.54 Å². The van der Waals surface area contributed by atoms with Gasteiger partial charge in [-0.15, -0.1) is 11.3 Å². The van der Waals surface area contributed by atoms with Crippen LogP contribution in [-0.2, 0) is 17.6 Å². The van der Waals surface area contributed by atoms with Crippen molar-refractivity contribution < 1.29 is 9.53 Å². The Morgan fingerprint density at radius 2 is 2.21 bits per heavy atom. The van der Waals surface area contributed by atoms with Crippen LogP contribution in [0.15, 0.2) is 41.8 Å². The lowest BCUT2D eigenvalue weighted by Gasteiger charge is -2.11. The van der Waals surface area contributed by atoms with Gasteiger partial charge in [0.25, 0.3) is 0 Å². The smallest absolute Gasteiger partial charge is 0.225 e. The van der Waals surface area contributed by atoms with Crippen molar-refractivity contribution in [2.24, 2.45) is 0 Å². The van der Waals surface area contributed by atoms with Crippen LogP contribution in [0.3, 0.4) is 0 Å². The summed E-state index contributed by atoms with van der Waals surface area (Å²) in [6, 6.07) is 12.0. The number of carbonyl (C=O) groups excluding carboxylic acids is 1. The Hall–Kier alpha value is -1.81. The van der Waals surface area contributed by atoms with E-state index in [4.69, 9.17) is 4.74 Å². The van der Waals surface area contributed by atoms with E-state index in [1.54, 1.807) is 11.3 Å². The van der Waals surface area contributed by atoms with Gasteiger partial charge in [0.1, 0.15) is 11.9 Å². The van der Waals surface area contributed by atoms with Gasteiger partial charge in [-0.3, -0.25) is 4.79 Å². The summed E-state index contributed by atoms with van der Waals surface area (Å²) in [5.41, 5.74) is 1.22. The van der Waals surface area contributed by atoms with E-state index in [0.29, 0.717) is 13.0 Å². The molecule has 2 heterocycles. The van der Waals surface area contributed by atoms with Crippen LogP contribution in [0.4, 0.5) is 0 Å². The molecule has 98 valence electrons. The molecule has 0 saturated heterocycles. The van der Waals surface area contributed by atoms with Crippen molar-refractivity contribution in [3.8, 4) is 5.75 Å². The molecule has 0 spiro atoms. The predicted octanol–water partition coefficient (Wildman–Crippen LogP) is 2.41. The maximum absolute atomic E-state index is 11.8. The van der Waals surface area contributed by atoms with Crippen LogP contribution in [-0.4, -0.2) is 18.6 Å². The van der Waals surface area contributed by atoms with Crippen molar-refractivity contribution in [1.29, 1.82) is 0 Å². The molecule has 1 aromatic carbocycles. The molecule has 0 bridgehead atoms. The number of carbonyl (C=O) groups is 1. The number of hydrogen-bond acceptors (Lipinski definition) is 3. The topological polar surface area (TPSA) is 38.3 Å². The van der Waals surface area contributed by atoms with E-state index in [2.05, 4.69) is 11.4 Å². The lowest BCUT2D eigenvalue weighted by molar-refractivity contribution is -0.120. The number of para-hydroxylation sites is 1. The van der Waals surface area contributed by atoms with Gasteiger partial charge in [-0.2, -0.15) is 0 Å². The van der Waals surface area contributed by atoms with E-state index in [9.17, 15) is 4.79 Å². The van der Waals surface area contributed by atoms with Crippen molar-refractivity contribution in [3.05, 3.63) is 52.2 Å². The fraction of sp³-hybridized carbons (Fsp3) is 0.267. The molecule has 3 rings (SSSR count). The lowest BCUT2D eigenvalue weighted by Crippen LogP contribution is -2.35. The first-order valence-corrected chi connectivity index (χ1v) is 7.23. The van der Waals surface area contributed by atoms with Crippen LogP contribution in [0.2, 0.25) is 0 Å². The average molecular weight is 273 g/mol. The van der Waals surface area contributed by atoms with Gasteiger partial charge in [0, 0.05) is 11.3 Å². The van der Waals surface area contributed by atoms with E-state index < -0.39 is 0 Å². The second-order valence-electron chi connectivity index (χ2n) is 4.61. The molecule has 1 aromatic heterocycles. The molecule has 1 aliphatic heterocycles. The first-order chi connectivity index (χ1) is 9.31. The van der Waals surface area contributed by atoms with Crippen LogP contribution in [0.1, 0.15) is 10.4 Å². The summed E-state index contributed by atoms with van der Waals surface area (Å²) in [5.74, 6) is 1.00. The largest absolute Gasteiger partial charge is 0.488 e. The Bertz CT molecular complexity index is 540. The first kappa shape index (κ1) is 12.2. The van der Waals surface area contributed by atoms with Crippen LogP contribution >= 0.6 is 11.3 Å². The molecule has 0 unspecified atom stereocenters. The average Bonchev–Trinajstić information content (AvgIpc) is 3.04. The zero-order valence-electron chi connectivity index (χ0n) is 10.5. The van der Waals surface area contributed by atoms with E-state index >= 15 is 0 Å². The summed E-state index contributed by atoms with van der Waals surface area (Å²) in [7, 11) is 0. The molecule has 0 radical (unpaired) electrons. The number of benzene rings is 1. The molecular weight excluding hydrogens is 258 g/mol. The summed E-state index contributed by atoms with van der Waals surface area (Å²) in [6.07, 6.45) is 1.39. The van der Waals surface area contributed by atoms with Gasteiger partial charge >= 0.3 is 0 Å². The molecule has 4 heteroatoms. The monoisotopic (exact) mass is 273 g/mol. The summed E-state index contributed by atoms with van der Waals surface area (Å²) < 4.78 is 5.78. The van der Waals surface area contributed by atoms with E-state index in [0.717, 1.165) is 17.0 Å². The van der Waals surface area contributed by atoms with Crippen LogP contribution in [0.5, 0.6) is 5.75 Å². The molecule has 0 saturated carbocycles. The van der Waals surface area contributed by atoms with Gasteiger partial charge in [0.2, 0.25) is 5.91 Å². The van der Waals surface area contributed by atoms with Gasteiger partial charge in [-0.25, -0.2) is 0 Å². The lowest BCUT2D eigenvalue weighted by atomic mass is 10.1. The number of ether oxygens (including phenoxy) is 1. The SMILES string of the molecule is O=C(Cc1cccs1)NC[C@@H]1Cc2ccccc2O1. The molecule has 1 aliphatic rings. The number of fused-ring (bicyclic) bond motifs is 1. The van der Waals surface area contributed by atoms with Crippen molar-refractivity contribution in [2.45, 2.75) is 18.9 Å². The van der Waals surface area contributed by atoms with Crippen LogP contribution in [0.25, 0.3) is 0 Å². The van der Waals surface area contributed by atoms with Gasteiger partial charge < -0.3 is 10.1 Å². The predicted molar refractivity (Wildman–Crippen MR) is 75.6 cm³/mol.